The summed E-state index contributed by atoms with van der Waals surface area (Å²) in [4.78, 5) is 17.1. The van der Waals surface area contributed by atoms with Crippen LogP contribution in [0.2, 0.25) is 0 Å². The Morgan fingerprint density at radius 3 is 2.55 bits per heavy atom. The van der Waals surface area contributed by atoms with Crippen LogP contribution in [-0.2, 0) is 0 Å². The topological polar surface area (TPSA) is 46.9 Å². The maximum atomic E-state index is 12.7. The quantitative estimate of drug-likeness (QED) is 0.918. The van der Waals surface area contributed by atoms with Crippen molar-refractivity contribution >= 4 is 17.2 Å². The number of aromatic nitrogens is 2. The van der Waals surface area contributed by atoms with Gasteiger partial charge in [-0.1, -0.05) is 0 Å². The minimum atomic E-state index is 0.0831. The molecule has 22 heavy (non-hydrogen) atoms. The molecule has 2 aromatic rings. The SMILES string of the molecule is Cc1cc(C(=O)NC(C2CC2)C2CC2)c(C)n1-c1nccs1. The average molecular weight is 315 g/mol. The molecular weight excluding hydrogens is 294 g/mol. The monoisotopic (exact) mass is 315 g/mol. The first kappa shape index (κ1) is 14.0. The highest BCUT2D eigenvalue weighted by Gasteiger charge is 2.42. The van der Waals surface area contributed by atoms with Gasteiger partial charge in [-0.3, -0.25) is 9.36 Å². The van der Waals surface area contributed by atoms with E-state index in [9.17, 15) is 4.79 Å². The van der Waals surface area contributed by atoms with Gasteiger partial charge in [0.15, 0.2) is 5.13 Å². The second-order valence-corrected chi connectivity index (χ2v) is 7.48. The molecule has 0 bridgehead atoms. The number of nitrogens with one attached hydrogen (secondary N) is 1. The number of aryl methyl sites for hydroxylation is 1. The van der Waals surface area contributed by atoms with Gasteiger partial charge in [0.1, 0.15) is 0 Å². The molecule has 0 atom stereocenters. The molecule has 2 aliphatic rings. The van der Waals surface area contributed by atoms with Crippen molar-refractivity contribution in [3.63, 3.8) is 0 Å². The van der Waals surface area contributed by atoms with Crippen LogP contribution in [0, 0.1) is 25.7 Å². The van der Waals surface area contributed by atoms with E-state index in [-0.39, 0.29) is 5.91 Å². The van der Waals surface area contributed by atoms with Crippen molar-refractivity contribution in [3.8, 4) is 5.13 Å². The van der Waals surface area contributed by atoms with Crippen molar-refractivity contribution < 1.29 is 4.79 Å². The van der Waals surface area contributed by atoms with Crippen molar-refractivity contribution in [2.24, 2.45) is 11.8 Å². The van der Waals surface area contributed by atoms with Crippen LogP contribution in [0.15, 0.2) is 17.6 Å². The van der Waals surface area contributed by atoms with Crippen LogP contribution in [0.4, 0.5) is 0 Å². The molecule has 0 radical (unpaired) electrons. The first-order chi connectivity index (χ1) is 10.6. The van der Waals surface area contributed by atoms with Gasteiger partial charge < -0.3 is 5.32 Å². The molecule has 116 valence electrons. The smallest absolute Gasteiger partial charge is 0.253 e. The fourth-order valence-corrected chi connectivity index (χ4v) is 4.13. The number of nitrogens with zero attached hydrogens (tertiary/aromatic N) is 2. The van der Waals surface area contributed by atoms with E-state index >= 15 is 0 Å². The van der Waals surface area contributed by atoms with Crippen LogP contribution in [0.1, 0.15) is 47.4 Å². The van der Waals surface area contributed by atoms with Crippen LogP contribution in [0.25, 0.3) is 5.13 Å². The summed E-state index contributed by atoms with van der Waals surface area (Å²) in [6.45, 7) is 4.04. The Morgan fingerprint density at radius 1 is 1.32 bits per heavy atom. The molecule has 4 rings (SSSR count). The molecule has 2 fully saturated rings. The number of rotatable bonds is 5. The Balaban J connectivity index is 1.59. The van der Waals surface area contributed by atoms with Gasteiger partial charge in [-0.2, -0.15) is 0 Å². The van der Waals surface area contributed by atoms with E-state index in [1.54, 1.807) is 17.5 Å². The average Bonchev–Trinajstić information content (AvgIpc) is 3.41. The van der Waals surface area contributed by atoms with Crippen LogP contribution < -0.4 is 5.32 Å². The minimum Gasteiger partial charge on any atom is -0.349 e. The van der Waals surface area contributed by atoms with E-state index in [1.807, 2.05) is 25.3 Å². The Bertz CT molecular complexity index is 684. The second-order valence-electron chi connectivity index (χ2n) is 6.61. The molecular formula is C17H21N3OS. The van der Waals surface area contributed by atoms with Gasteiger partial charge in [-0.15, -0.1) is 11.3 Å². The molecule has 0 unspecified atom stereocenters. The van der Waals surface area contributed by atoms with Gasteiger partial charge >= 0.3 is 0 Å². The Labute approximate surface area is 134 Å². The molecule has 2 saturated carbocycles. The van der Waals surface area contributed by atoms with E-state index in [0.29, 0.717) is 6.04 Å². The van der Waals surface area contributed by atoms with Gasteiger partial charge in [-0.05, 0) is 57.4 Å². The van der Waals surface area contributed by atoms with Gasteiger partial charge in [0.05, 0.1) is 5.56 Å². The lowest BCUT2D eigenvalue weighted by Crippen LogP contribution is -2.38. The lowest BCUT2D eigenvalue weighted by Gasteiger charge is -2.17. The molecule has 0 spiro atoms. The van der Waals surface area contributed by atoms with E-state index < -0.39 is 0 Å². The van der Waals surface area contributed by atoms with Crippen molar-refractivity contribution in [1.82, 2.24) is 14.9 Å². The van der Waals surface area contributed by atoms with Crippen molar-refractivity contribution in [3.05, 3.63) is 34.6 Å². The summed E-state index contributed by atoms with van der Waals surface area (Å²) < 4.78 is 2.07. The summed E-state index contributed by atoms with van der Waals surface area (Å²) in [5.74, 6) is 1.53. The molecule has 4 nitrogen and oxygen atoms in total. The molecule has 1 N–H and O–H groups in total. The van der Waals surface area contributed by atoms with E-state index in [1.165, 1.54) is 25.7 Å². The molecule has 0 saturated heterocycles. The maximum Gasteiger partial charge on any atom is 0.253 e. The molecule has 1 amide bonds. The highest BCUT2D eigenvalue weighted by atomic mass is 32.1. The van der Waals surface area contributed by atoms with E-state index in [0.717, 1.165) is 33.9 Å². The zero-order valence-corrected chi connectivity index (χ0v) is 13.8. The lowest BCUT2D eigenvalue weighted by molar-refractivity contribution is 0.0925. The predicted octanol–water partition coefficient (Wildman–Crippen LogP) is 3.47. The number of thiazole rings is 1. The fraction of sp³-hybridized carbons (Fsp3) is 0.529. The highest BCUT2D eigenvalue weighted by molar-refractivity contribution is 7.12. The molecule has 2 aromatic heterocycles. The Kier molecular flexibility index (Phi) is 3.33. The van der Waals surface area contributed by atoms with E-state index in [4.69, 9.17) is 0 Å². The lowest BCUT2D eigenvalue weighted by atomic mass is 10.1. The standard InChI is InChI=1S/C17H21N3OS/c1-10-9-14(11(2)20(10)17-18-7-8-22-17)16(21)19-15(12-3-4-12)13-5-6-13/h7-9,12-13,15H,3-6H2,1-2H3,(H,19,21). The van der Waals surface area contributed by atoms with Gasteiger partial charge in [0, 0.05) is 29.0 Å². The number of amides is 1. The minimum absolute atomic E-state index is 0.0831. The van der Waals surface area contributed by atoms with E-state index in [2.05, 4.69) is 14.9 Å². The maximum absolute atomic E-state index is 12.7. The molecule has 2 aliphatic carbocycles. The predicted molar refractivity (Wildman–Crippen MR) is 87.6 cm³/mol. The van der Waals surface area contributed by atoms with Crippen LogP contribution in [0.5, 0.6) is 0 Å². The van der Waals surface area contributed by atoms with Crippen LogP contribution in [0.3, 0.4) is 0 Å². The molecule has 2 heterocycles. The summed E-state index contributed by atoms with van der Waals surface area (Å²) in [6, 6.07) is 2.39. The van der Waals surface area contributed by atoms with Gasteiger partial charge in [-0.25, -0.2) is 4.98 Å². The first-order valence-corrected chi connectivity index (χ1v) is 8.93. The normalized spacial score (nSPS) is 18.0. The summed E-state index contributed by atoms with van der Waals surface area (Å²) in [7, 11) is 0. The first-order valence-electron chi connectivity index (χ1n) is 8.05. The van der Waals surface area contributed by atoms with Crippen molar-refractivity contribution in [2.45, 2.75) is 45.6 Å². The third-order valence-electron chi connectivity index (χ3n) is 4.84. The summed E-state index contributed by atoms with van der Waals surface area (Å²) >= 11 is 1.59. The summed E-state index contributed by atoms with van der Waals surface area (Å²) in [6.07, 6.45) is 6.91. The second kappa shape index (κ2) is 5.23. The number of carbonyl (C=O) groups is 1. The number of carbonyl (C=O) groups excluding carboxylic acids is 1. The number of hydrogen-bond acceptors (Lipinski definition) is 3. The van der Waals surface area contributed by atoms with Crippen LogP contribution >= 0.6 is 11.3 Å². The van der Waals surface area contributed by atoms with Gasteiger partial charge in [0.25, 0.3) is 5.91 Å². The Morgan fingerprint density at radius 2 is 2.00 bits per heavy atom. The zero-order chi connectivity index (χ0) is 15.3. The van der Waals surface area contributed by atoms with Crippen molar-refractivity contribution in [2.75, 3.05) is 0 Å². The third kappa shape index (κ3) is 2.47. The highest BCUT2D eigenvalue weighted by Crippen LogP contribution is 2.44. The molecule has 0 aromatic carbocycles. The fourth-order valence-electron chi connectivity index (χ4n) is 3.37. The summed E-state index contributed by atoms with van der Waals surface area (Å²) in [5, 5.41) is 6.20. The van der Waals surface area contributed by atoms with Crippen LogP contribution in [-0.4, -0.2) is 21.5 Å². The largest absolute Gasteiger partial charge is 0.349 e. The Hall–Kier alpha value is -1.62. The summed E-state index contributed by atoms with van der Waals surface area (Å²) in [5.41, 5.74) is 2.83. The number of hydrogen-bond donors (Lipinski definition) is 1. The third-order valence-corrected chi connectivity index (χ3v) is 5.60. The zero-order valence-electron chi connectivity index (χ0n) is 13.0. The molecule has 5 heteroatoms. The molecule has 0 aliphatic heterocycles. The van der Waals surface area contributed by atoms with Crippen molar-refractivity contribution in [1.29, 1.82) is 0 Å². The van der Waals surface area contributed by atoms with Gasteiger partial charge in [0.2, 0.25) is 0 Å².